The van der Waals surface area contributed by atoms with Gasteiger partial charge in [-0.1, -0.05) is 47.1 Å². The largest absolute Gasteiger partial charge is 0.338 e. The summed E-state index contributed by atoms with van der Waals surface area (Å²) in [6, 6.07) is 10.8. The third kappa shape index (κ3) is 4.83. The Morgan fingerprint density at radius 1 is 1.24 bits per heavy atom. The lowest BCUT2D eigenvalue weighted by Crippen LogP contribution is -2.31. The Hall–Kier alpha value is -2.29. The smallest absolute Gasteiger partial charge is 0.233 e. The van der Waals surface area contributed by atoms with E-state index in [1.54, 1.807) is 42.3 Å². The van der Waals surface area contributed by atoms with Crippen molar-refractivity contribution in [2.45, 2.75) is 18.1 Å². The first-order valence-corrected chi connectivity index (χ1v) is 10.3. The van der Waals surface area contributed by atoms with Gasteiger partial charge in [0.05, 0.1) is 16.8 Å². The summed E-state index contributed by atoms with van der Waals surface area (Å²) in [7, 11) is 1.70. The predicted molar refractivity (Wildman–Crippen MR) is 114 cm³/mol. The fourth-order valence-corrected chi connectivity index (χ4v) is 3.91. The summed E-state index contributed by atoms with van der Waals surface area (Å²) < 4.78 is 14.4. The van der Waals surface area contributed by atoms with E-state index in [0.29, 0.717) is 26.6 Å². The highest BCUT2D eigenvalue weighted by Gasteiger charge is 2.20. The average molecular weight is 454 g/mol. The molecule has 0 saturated carbocycles. The van der Waals surface area contributed by atoms with E-state index in [-0.39, 0.29) is 23.5 Å². The normalized spacial score (nSPS) is 12.0. The number of aromatic nitrogens is 3. The van der Waals surface area contributed by atoms with E-state index >= 15 is 0 Å². The lowest BCUT2D eigenvalue weighted by molar-refractivity contribution is -0.128. The second-order valence-corrected chi connectivity index (χ2v) is 8.11. The van der Waals surface area contributed by atoms with E-state index in [4.69, 9.17) is 29.0 Å². The molecule has 1 unspecified atom stereocenters. The van der Waals surface area contributed by atoms with E-state index in [0.717, 1.165) is 5.56 Å². The first-order valence-electron chi connectivity index (χ1n) is 8.57. The van der Waals surface area contributed by atoms with Gasteiger partial charge >= 0.3 is 0 Å². The summed E-state index contributed by atoms with van der Waals surface area (Å²) in [5.41, 5.74) is 1.43. The van der Waals surface area contributed by atoms with Crippen molar-refractivity contribution in [2.24, 2.45) is 0 Å². The fourth-order valence-electron chi connectivity index (χ4n) is 2.64. The molecule has 0 spiro atoms. The highest BCUT2D eigenvalue weighted by Crippen LogP contribution is 2.30. The number of carbonyl (C=O) groups excluding carboxylic acids is 1. The predicted octanol–water partition coefficient (Wildman–Crippen LogP) is 4.42. The Morgan fingerprint density at radius 2 is 1.93 bits per heavy atom. The van der Waals surface area contributed by atoms with Crippen LogP contribution >= 0.6 is 35.0 Å². The van der Waals surface area contributed by atoms with Crippen molar-refractivity contribution >= 4 is 40.9 Å². The van der Waals surface area contributed by atoms with Gasteiger partial charge in [0.25, 0.3) is 0 Å². The molecule has 0 aliphatic carbocycles. The third-order valence-corrected chi connectivity index (χ3v) is 5.96. The minimum Gasteiger partial charge on any atom is -0.338 e. The number of nitrogen functional groups attached to an aromatic ring is 1. The first kappa shape index (κ1) is 21.4. The summed E-state index contributed by atoms with van der Waals surface area (Å²) in [6.45, 7) is 1.88. The average Bonchev–Trinajstić information content (AvgIpc) is 3.06. The lowest BCUT2D eigenvalue weighted by atomic mass is 10.1. The van der Waals surface area contributed by atoms with Crippen LogP contribution in [0.1, 0.15) is 18.5 Å². The van der Waals surface area contributed by atoms with Gasteiger partial charge in [0.1, 0.15) is 5.82 Å². The number of benzene rings is 2. The molecule has 0 aliphatic rings. The molecule has 1 aromatic heterocycles. The van der Waals surface area contributed by atoms with Gasteiger partial charge in [0, 0.05) is 17.6 Å². The molecule has 3 rings (SSSR count). The van der Waals surface area contributed by atoms with Crippen LogP contribution in [0.2, 0.25) is 10.0 Å². The highest BCUT2D eigenvalue weighted by atomic mass is 35.5. The van der Waals surface area contributed by atoms with Crippen LogP contribution in [0.3, 0.4) is 0 Å². The Balaban J connectivity index is 1.67. The Bertz CT molecular complexity index is 1030. The number of nitrogens with two attached hydrogens (primary N) is 1. The Labute approximate surface area is 181 Å². The van der Waals surface area contributed by atoms with Crippen molar-refractivity contribution in [3.63, 3.8) is 0 Å². The number of thioether (sulfide) groups is 1. The number of rotatable bonds is 6. The highest BCUT2D eigenvalue weighted by molar-refractivity contribution is 7.99. The fraction of sp³-hybridized carbons (Fsp3) is 0.211. The molecule has 6 nitrogen and oxygen atoms in total. The van der Waals surface area contributed by atoms with Gasteiger partial charge in [-0.25, -0.2) is 9.07 Å². The molecule has 0 saturated heterocycles. The van der Waals surface area contributed by atoms with Crippen molar-refractivity contribution in [3.8, 4) is 11.4 Å². The monoisotopic (exact) mass is 453 g/mol. The van der Waals surface area contributed by atoms with Crippen molar-refractivity contribution in [1.82, 2.24) is 19.8 Å². The van der Waals surface area contributed by atoms with E-state index < -0.39 is 0 Å². The van der Waals surface area contributed by atoms with Crippen LogP contribution in [0.15, 0.2) is 47.6 Å². The molecule has 3 aromatic rings. The van der Waals surface area contributed by atoms with Crippen molar-refractivity contribution in [3.05, 3.63) is 63.9 Å². The van der Waals surface area contributed by atoms with Crippen molar-refractivity contribution in [2.75, 3.05) is 18.6 Å². The molecule has 0 bridgehead atoms. The summed E-state index contributed by atoms with van der Waals surface area (Å²) in [5.74, 6) is 6.14. The summed E-state index contributed by atoms with van der Waals surface area (Å²) in [4.78, 5) is 14.2. The molecule has 0 aliphatic heterocycles. The SMILES string of the molecule is CC(c1ccc(F)cc1)N(C)C(=O)CSc1nnc(-c2ccc(Cl)cc2Cl)n1N. The number of carbonyl (C=O) groups is 1. The number of hydrogen-bond acceptors (Lipinski definition) is 5. The maximum atomic E-state index is 13.1. The molecule has 1 heterocycles. The molecule has 152 valence electrons. The minimum absolute atomic E-state index is 0.117. The van der Waals surface area contributed by atoms with Gasteiger partial charge in [-0.2, -0.15) is 0 Å². The van der Waals surface area contributed by atoms with Crippen LogP contribution in [-0.4, -0.2) is 38.5 Å². The van der Waals surface area contributed by atoms with Crippen LogP contribution in [0.25, 0.3) is 11.4 Å². The maximum Gasteiger partial charge on any atom is 0.233 e. The minimum atomic E-state index is -0.315. The number of nitrogens with zero attached hydrogens (tertiary/aromatic N) is 4. The molecule has 0 radical (unpaired) electrons. The van der Waals surface area contributed by atoms with E-state index in [1.165, 1.54) is 28.6 Å². The van der Waals surface area contributed by atoms with Gasteiger partial charge in [-0.05, 0) is 42.8 Å². The van der Waals surface area contributed by atoms with E-state index in [2.05, 4.69) is 10.2 Å². The molecular formula is C19H18Cl2FN5OS. The summed E-state index contributed by atoms with van der Waals surface area (Å²) >= 11 is 13.3. The van der Waals surface area contributed by atoms with Gasteiger partial charge in [0.15, 0.2) is 5.82 Å². The zero-order valence-electron chi connectivity index (χ0n) is 15.6. The number of hydrogen-bond donors (Lipinski definition) is 1. The molecule has 2 N–H and O–H groups in total. The van der Waals surface area contributed by atoms with Crippen LogP contribution in [-0.2, 0) is 4.79 Å². The molecule has 2 aromatic carbocycles. The van der Waals surface area contributed by atoms with Crippen LogP contribution in [0.4, 0.5) is 4.39 Å². The second kappa shape index (κ2) is 9.02. The quantitative estimate of drug-likeness (QED) is 0.441. The molecule has 29 heavy (non-hydrogen) atoms. The number of amides is 1. The Kier molecular flexibility index (Phi) is 6.66. The zero-order chi connectivity index (χ0) is 21.1. The van der Waals surface area contributed by atoms with E-state index in [1.807, 2.05) is 6.92 Å². The van der Waals surface area contributed by atoms with Gasteiger partial charge in [0.2, 0.25) is 11.1 Å². The second-order valence-electron chi connectivity index (χ2n) is 6.32. The lowest BCUT2D eigenvalue weighted by Gasteiger charge is -2.25. The molecule has 10 heteroatoms. The molecule has 1 amide bonds. The van der Waals surface area contributed by atoms with E-state index in [9.17, 15) is 9.18 Å². The van der Waals surface area contributed by atoms with Crippen LogP contribution in [0, 0.1) is 5.82 Å². The standard InChI is InChI=1S/C19H18Cl2FN5OS/c1-11(12-3-6-14(22)7-4-12)26(2)17(28)10-29-19-25-24-18(27(19)23)15-8-5-13(20)9-16(15)21/h3-9,11H,10,23H2,1-2H3. The number of halogens is 3. The molecule has 0 fully saturated rings. The van der Waals surface area contributed by atoms with Crippen molar-refractivity contribution in [1.29, 1.82) is 0 Å². The van der Waals surface area contributed by atoms with Gasteiger partial charge in [-0.3, -0.25) is 4.79 Å². The first-order chi connectivity index (χ1) is 13.8. The molecule has 1 atom stereocenters. The zero-order valence-corrected chi connectivity index (χ0v) is 18.0. The maximum absolute atomic E-state index is 13.1. The van der Waals surface area contributed by atoms with Gasteiger partial charge < -0.3 is 10.7 Å². The summed E-state index contributed by atoms with van der Waals surface area (Å²) in [5, 5.41) is 9.39. The molecular weight excluding hydrogens is 436 g/mol. The Morgan fingerprint density at radius 3 is 2.59 bits per heavy atom. The van der Waals surface area contributed by atoms with Crippen LogP contribution < -0.4 is 5.84 Å². The van der Waals surface area contributed by atoms with Gasteiger partial charge in [-0.15, -0.1) is 10.2 Å². The summed E-state index contributed by atoms with van der Waals surface area (Å²) in [6.07, 6.45) is 0. The third-order valence-electron chi connectivity index (χ3n) is 4.49. The van der Waals surface area contributed by atoms with Crippen molar-refractivity contribution < 1.29 is 9.18 Å². The topological polar surface area (TPSA) is 77.0 Å². The van der Waals surface area contributed by atoms with Crippen LogP contribution in [0.5, 0.6) is 0 Å².